The predicted molar refractivity (Wildman–Crippen MR) is 91.8 cm³/mol. The summed E-state index contributed by atoms with van der Waals surface area (Å²) in [4.78, 5) is 17.1. The molecule has 23 heavy (non-hydrogen) atoms. The maximum Gasteiger partial charge on any atom is 0.263 e. The molecule has 0 saturated carbocycles. The van der Waals surface area contributed by atoms with E-state index in [1.54, 1.807) is 5.51 Å². The molecule has 1 amide bonds. The predicted octanol–water partition coefficient (Wildman–Crippen LogP) is 3.66. The normalized spacial score (nSPS) is 21.1. The van der Waals surface area contributed by atoms with Gasteiger partial charge < -0.3 is 10.1 Å². The zero-order valence-corrected chi connectivity index (χ0v) is 14.4. The molecule has 0 radical (unpaired) electrons. The van der Waals surface area contributed by atoms with Crippen molar-refractivity contribution >= 4 is 17.2 Å². The van der Waals surface area contributed by atoms with Crippen molar-refractivity contribution in [3.8, 4) is 0 Å². The lowest BCUT2D eigenvalue weighted by atomic mass is 9.89. The first-order valence-corrected chi connectivity index (χ1v) is 8.89. The van der Waals surface area contributed by atoms with E-state index in [0.717, 1.165) is 25.1 Å². The zero-order valence-electron chi connectivity index (χ0n) is 13.5. The van der Waals surface area contributed by atoms with Crippen LogP contribution in [0.3, 0.4) is 0 Å². The minimum atomic E-state index is -0.0294. The average Bonchev–Trinajstić information content (AvgIpc) is 3.00. The van der Waals surface area contributed by atoms with E-state index in [9.17, 15) is 4.79 Å². The fourth-order valence-electron chi connectivity index (χ4n) is 3.00. The topological polar surface area (TPSA) is 51.2 Å². The number of nitrogens with one attached hydrogen (secondary N) is 1. The molecular weight excluding hydrogens is 308 g/mol. The Bertz CT molecular complexity index is 666. The molecule has 1 aromatic carbocycles. The summed E-state index contributed by atoms with van der Waals surface area (Å²) < 4.78 is 6.00. The Balaban J connectivity index is 1.66. The van der Waals surface area contributed by atoms with Gasteiger partial charge in [0.15, 0.2) is 0 Å². The van der Waals surface area contributed by atoms with Crippen LogP contribution >= 0.6 is 11.3 Å². The van der Waals surface area contributed by atoms with Crippen molar-refractivity contribution in [3.05, 3.63) is 51.5 Å². The van der Waals surface area contributed by atoms with Gasteiger partial charge in [0.1, 0.15) is 4.88 Å². The van der Waals surface area contributed by atoms with Crippen molar-refractivity contribution in [2.24, 2.45) is 5.92 Å². The molecule has 2 heterocycles. The van der Waals surface area contributed by atoms with Crippen LogP contribution < -0.4 is 5.32 Å². The molecule has 1 aliphatic heterocycles. The van der Waals surface area contributed by atoms with Gasteiger partial charge >= 0.3 is 0 Å². The van der Waals surface area contributed by atoms with Crippen LogP contribution in [0, 0.1) is 19.8 Å². The number of thiazole rings is 1. The van der Waals surface area contributed by atoms with Crippen molar-refractivity contribution < 1.29 is 9.53 Å². The van der Waals surface area contributed by atoms with E-state index in [-0.39, 0.29) is 12.0 Å². The van der Waals surface area contributed by atoms with Crippen LogP contribution in [0.1, 0.15) is 45.4 Å². The summed E-state index contributed by atoms with van der Waals surface area (Å²) in [6.45, 7) is 5.37. The van der Waals surface area contributed by atoms with Crippen molar-refractivity contribution in [2.75, 3.05) is 13.2 Å². The molecule has 5 heteroatoms. The number of ether oxygens (including phenoxy) is 1. The highest BCUT2D eigenvalue weighted by molar-refractivity contribution is 7.11. The highest BCUT2D eigenvalue weighted by Crippen LogP contribution is 2.33. The number of benzene rings is 1. The largest absolute Gasteiger partial charge is 0.373 e. The van der Waals surface area contributed by atoms with Crippen LogP contribution in [-0.2, 0) is 4.74 Å². The molecule has 0 bridgehead atoms. The van der Waals surface area contributed by atoms with Crippen LogP contribution in [0.2, 0.25) is 0 Å². The maximum absolute atomic E-state index is 12.3. The number of aromatic nitrogens is 1. The number of amides is 1. The van der Waals surface area contributed by atoms with Gasteiger partial charge in [-0.05, 0) is 32.3 Å². The Morgan fingerprint density at radius 3 is 2.83 bits per heavy atom. The third-order valence-corrected chi connectivity index (χ3v) is 5.25. The second-order valence-corrected chi connectivity index (χ2v) is 6.94. The smallest absolute Gasteiger partial charge is 0.263 e. The third kappa shape index (κ3) is 3.79. The van der Waals surface area contributed by atoms with E-state index in [1.807, 2.05) is 6.92 Å². The van der Waals surface area contributed by atoms with E-state index in [4.69, 9.17) is 4.74 Å². The van der Waals surface area contributed by atoms with Gasteiger partial charge in [-0.15, -0.1) is 11.3 Å². The fraction of sp³-hybridized carbons (Fsp3) is 0.444. The van der Waals surface area contributed by atoms with E-state index >= 15 is 0 Å². The van der Waals surface area contributed by atoms with E-state index < -0.39 is 0 Å². The standard InChI is InChI=1S/C18H22N2O2S/c1-12-5-7-14(8-6-12)16-15(4-3-9-22-16)10-19-18(21)17-13(2)20-11-23-17/h5-8,11,15-16H,3-4,9-10H2,1-2H3,(H,19,21)/t15-,16-/m1/s1. The number of rotatable bonds is 4. The molecule has 1 aliphatic rings. The quantitative estimate of drug-likeness (QED) is 0.931. The summed E-state index contributed by atoms with van der Waals surface area (Å²) in [6, 6.07) is 8.49. The fourth-order valence-corrected chi connectivity index (χ4v) is 3.72. The lowest BCUT2D eigenvalue weighted by Crippen LogP contribution is -2.35. The molecule has 0 unspecified atom stereocenters. The first kappa shape index (κ1) is 16.1. The maximum atomic E-state index is 12.3. The van der Waals surface area contributed by atoms with Crippen LogP contribution in [0.4, 0.5) is 0 Å². The number of hydrogen-bond acceptors (Lipinski definition) is 4. The first-order valence-electron chi connectivity index (χ1n) is 8.01. The summed E-state index contributed by atoms with van der Waals surface area (Å²) in [6.07, 6.45) is 2.18. The number of aryl methyl sites for hydroxylation is 2. The number of carbonyl (C=O) groups excluding carboxylic acids is 1. The van der Waals surface area contributed by atoms with Crippen LogP contribution in [-0.4, -0.2) is 24.0 Å². The Hall–Kier alpha value is -1.72. The van der Waals surface area contributed by atoms with E-state index in [1.165, 1.54) is 22.5 Å². The first-order chi connectivity index (χ1) is 11.1. The molecular formula is C18H22N2O2S. The Labute approximate surface area is 140 Å². The SMILES string of the molecule is Cc1ccc([C@H]2OCCC[C@@H]2CNC(=O)c2scnc2C)cc1. The summed E-state index contributed by atoms with van der Waals surface area (Å²) in [5.74, 6) is 0.280. The van der Waals surface area contributed by atoms with Crippen molar-refractivity contribution in [3.63, 3.8) is 0 Å². The Morgan fingerprint density at radius 2 is 2.13 bits per heavy atom. The molecule has 3 rings (SSSR count). The molecule has 0 aliphatic carbocycles. The molecule has 4 nitrogen and oxygen atoms in total. The van der Waals surface area contributed by atoms with Gasteiger partial charge in [-0.1, -0.05) is 29.8 Å². The molecule has 122 valence electrons. The molecule has 2 atom stereocenters. The highest BCUT2D eigenvalue weighted by Gasteiger charge is 2.28. The molecule has 1 N–H and O–H groups in total. The molecule has 0 spiro atoms. The van der Waals surface area contributed by atoms with Gasteiger partial charge in [-0.25, -0.2) is 4.98 Å². The van der Waals surface area contributed by atoms with Crippen LogP contribution in [0.25, 0.3) is 0 Å². The summed E-state index contributed by atoms with van der Waals surface area (Å²) >= 11 is 1.39. The van der Waals surface area contributed by atoms with Crippen LogP contribution in [0.15, 0.2) is 29.8 Å². The number of hydrogen-bond donors (Lipinski definition) is 1. The van der Waals surface area contributed by atoms with E-state index in [2.05, 4.69) is 41.5 Å². The lowest BCUT2D eigenvalue weighted by molar-refractivity contribution is -0.0272. The van der Waals surface area contributed by atoms with Gasteiger partial charge in [0.2, 0.25) is 0 Å². The molecule has 2 aromatic rings. The molecule has 1 fully saturated rings. The highest BCUT2D eigenvalue weighted by atomic mass is 32.1. The van der Waals surface area contributed by atoms with Gasteiger partial charge in [0.05, 0.1) is 17.3 Å². The molecule has 1 aromatic heterocycles. The Kier molecular flexibility index (Phi) is 5.08. The summed E-state index contributed by atoms with van der Waals surface area (Å²) in [5.41, 5.74) is 4.95. The number of nitrogens with zero attached hydrogens (tertiary/aromatic N) is 1. The van der Waals surface area contributed by atoms with Gasteiger partial charge in [0.25, 0.3) is 5.91 Å². The third-order valence-electron chi connectivity index (χ3n) is 4.33. The molecule has 1 saturated heterocycles. The van der Waals surface area contributed by atoms with Crippen molar-refractivity contribution in [1.82, 2.24) is 10.3 Å². The Morgan fingerprint density at radius 1 is 1.35 bits per heavy atom. The van der Waals surface area contributed by atoms with Crippen LogP contribution in [0.5, 0.6) is 0 Å². The number of carbonyl (C=O) groups is 1. The second kappa shape index (κ2) is 7.23. The minimum Gasteiger partial charge on any atom is -0.373 e. The van der Waals surface area contributed by atoms with Gasteiger partial charge in [0, 0.05) is 19.1 Å². The zero-order chi connectivity index (χ0) is 16.2. The van der Waals surface area contributed by atoms with Gasteiger partial charge in [-0.3, -0.25) is 4.79 Å². The van der Waals surface area contributed by atoms with Gasteiger partial charge in [-0.2, -0.15) is 0 Å². The summed E-state index contributed by atoms with van der Waals surface area (Å²) in [5, 5.41) is 3.06. The average molecular weight is 330 g/mol. The lowest BCUT2D eigenvalue weighted by Gasteiger charge is -2.32. The minimum absolute atomic E-state index is 0.0294. The van der Waals surface area contributed by atoms with E-state index in [0.29, 0.717) is 17.3 Å². The second-order valence-electron chi connectivity index (χ2n) is 6.08. The monoisotopic (exact) mass is 330 g/mol. The summed E-state index contributed by atoms with van der Waals surface area (Å²) in [7, 11) is 0. The van der Waals surface area contributed by atoms with Crippen molar-refractivity contribution in [2.45, 2.75) is 32.8 Å². The van der Waals surface area contributed by atoms with Crippen molar-refractivity contribution in [1.29, 1.82) is 0 Å².